The third-order valence-corrected chi connectivity index (χ3v) is 1.00. The van der Waals surface area contributed by atoms with E-state index in [9.17, 15) is 15.3 Å². The average molecular weight is 345 g/mol. The van der Waals surface area contributed by atoms with Crippen molar-refractivity contribution in [2.75, 3.05) is 19.8 Å². The van der Waals surface area contributed by atoms with Crippen molar-refractivity contribution < 1.29 is 52.5 Å². The van der Waals surface area contributed by atoms with Crippen LogP contribution in [0.4, 0.5) is 0 Å². The molecule has 18 heavy (non-hydrogen) atoms. The van der Waals surface area contributed by atoms with E-state index in [1.54, 1.807) is 0 Å². The van der Waals surface area contributed by atoms with Crippen molar-refractivity contribution in [2.24, 2.45) is 17.8 Å². The van der Waals surface area contributed by atoms with Gasteiger partial charge >= 0.3 is 26.2 Å². The van der Waals surface area contributed by atoms with E-state index in [2.05, 4.69) is 0 Å². The molecule has 0 radical (unpaired) electrons. The Labute approximate surface area is 131 Å². The van der Waals surface area contributed by atoms with Crippen LogP contribution in [0.3, 0.4) is 0 Å². The van der Waals surface area contributed by atoms with Crippen molar-refractivity contribution in [3.05, 3.63) is 0 Å². The van der Waals surface area contributed by atoms with Crippen LogP contribution in [0.1, 0.15) is 41.5 Å². The molecule has 5 nitrogen and oxygen atoms in total. The van der Waals surface area contributed by atoms with Gasteiger partial charge in [0.25, 0.3) is 0 Å². The van der Waals surface area contributed by atoms with Gasteiger partial charge in [0.1, 0.15) is 0 Å². The van der Waals surface area contributed by atoms with Crippen LogP contribution < -0.4 is 15.3 Å². The summed E-state index contributed by atoms with van der Waals surface area (Å²) in [7, 11) is 0. The zero-order chi connectivity index (χ0) is 12.9. The van der Waals surface area contributed by atoms with Gasteiger partial charge < -0.3 is 26.3 Å². The zero-order valence-electron chi connectivity index (χ0n) is 12.5. The van der Waals surface area contributed by atoms with Crippen LogP contribution in [0.2, 0.25) is 0 Å². The summed E-state index contributed by atoms with van der Waals surface area (Å²) in [5.74, 6) is 0.986. The van der Waals surface area contributed by atoms with Crippen molar-refractivity contribution in [1.82, 2.24) is 0 Å². The molecule has 0 unspecified atom stereocenters. The quantitative estimate of drug-likeness (QED) is 0.691. The molecular weight excluding hydrogens is 315 g/mol. The minimum atomic E-state index is 0. The summed E-state index contributed by atoms with van der Waals surface area (Å²) in [6, 6.07) is 0. The fourth-order valence-electron chi connectivity index (χ4n) is 0. The molecule has 0 spiro atoms. The Kier molecular flexibility index (Phi) is 61.7. The summed E-state index contributed by atoms with van der Waals surface area (Å²) in [4.78, 5) is 0. The summed E-state index contributed by atoms with van der Waals surface area (Å²) in [6.45, 7) is 11.6. The molecule has 2 N–H and O–H groups in total. The Hall–Kier alpha value is 0.683. The van der Waals surface area contributed by atoms with Gasteiger partial charge in [-0.25, -0.2) is 0 Å². The molecular formula is C12H29O5Zr-. The van der Waals surface area contributed by atoms with Gasteiger partial charge in [0, 0.05) is 0 Å². The molecule has 0 rings (SSSR count). The fourth-order valence-corrected chi connectivity index (χ4v) is 0. The summed E-state index contributed by atoms with van der Waals surface area (Å²) < 4.78 is 0. The molecule has 0 fully saturated rings. The molecule has 0 aliphatic heterocycles. The summed E-state index contributed by atoms with van der Waals surface area (Å²) >= 11 is 0. The maximum absolute atomic E-state index is 9.63. The molecule has 0 aromatic carbocycles. The maximum atomic E-state index is 9.63. The van der Waals surface area contributed by atoms with Crippen LogP contribution in [0, 0.1) is 17.8 Å². The van der Waals surface area contributed by atoms with Gasteiger partial charge in [0.05, 0.1) is 0 Å². The molecule has 0 bridgehead atoms. The van der Waals surface area contributed by atoms with E-state index in [1.807, 2.05) is 41.5 Å². The summed E-state index contributed by atoms with van der Waals surface area (Å²) in [5, 5.41) is 28.9. The average Bonchev–Trinajstić information content (AvgIpc) is 2.19. The zero-order valence-corrected chi connectivity index (χ0v) is 14.9. The van der Waals surface area contributed by atoms with Crippen LogP contribution in [0.25, 0.3) is 0 Å². The molecule has 0 aromatic rings. The van der Waals surface area contributed by atoms with Crippen LogP contribution in [0.5, 0.6) is 0 Å². The molecule has 112 valence electrons. The smallest absolute Gasteiger partial charge is 0.870 e. The van der Waals surface area contributed by atoms with Crippen molar-refractivity contribution in [2.45, 2.75) is 41.5 Å². The molecule has 0 amide bonds. The largest absolute Gasteiger partial charge is 4.00 e. The molecule has 0 heterocycles. The molecule has 0 aliphatic rings. The first-order chi connectivity index (χ1) is 6.81. The Morgan fingerprint density at radius 2 is 0.611 bits per heavy atom. The standard InChI is InChI=1S/3C4H9O.2H2O.Zr/c3*1-4(2)3-5;;;/h3*4H,3H2,1-2H3;2*1H2;/q3*-1;;;+4/p-2. The molecule has 0 saturated heterocycles. The van der Waals surface area contributed by atoms with E-state index < -0.39 is 0 Å². The molecule has 0 aromatic heterocycles. The van der Waals surface area contributed by atoms with Gasteiger partial charge in [-0.3, -0.25) is 0 Å². The molecule has 0 saturated carbocycles. The van der Waals surface area contributed by atoms with E-state index in [0.717, 1.165) is 0 Å². The second-order valence-electron chi connectivity index (χ2n) is 4.68. The van der Waals surface area contributed by atoms with Crippen LogP contribution >= 0.6 is 0 Å². The van der Waals surface area contributed by atoms with Crippen molar-refractivity contribution in [3.8, 4) is 0 Å². The van der Waals surface area contributed by atoms with E-state index in [0.29, 0.717) is 17.8 Å². The Balaban J connectivity index is -0.0000000277. The normalized spacial score (nSPS) is 8.00. The van der Waals surface area contributed by atoms with E-state index >= 15 is 0 Å². The maximum Gasteiger partial charge on any atom is 4.00 e. The Morgan fingerprint density at radius 3 is 0.611 bits per heavy atom. The van der Waals surface area contributed by atoms with Gasteiger partial charge in [0.2, 0.25) is 0 Å². The first-order valence-electron chi connectivity index (χ1n) is 5.55. The Bertz CT molecular complexity index is 81.4. The van der Waals surface area contributed by atoms with Gasteiger partial charge in [-0.2, -0.15) is 0 Å². The van der Waals surface area contributed by atoms with Crippen molar-refractivity contribution >= 4 is 0 Å². The number of hydrogen-bond donors (Lipinski definition) is 0. The molecule has 0 aliphatic carbocycles. The summed E-state index contributed by atoms with van der Waals surface area (Å²) in [6.07, 6.45) is 0. The van der Waals surface area contributed by atoms with Crippen molar-refractivity contribution in [3.63, 3.8) is 0 Å². The van der Waals surface area contributed by atoms with Gasteiger partial charge in [-0.15, -0.1) is 19.8 Å². The van der Waals surface area contributed by atoms with Gasteiger partial charge in [0.15, 0.2) is 0 Å². The second kappa shape index (κ2) is 30.6. The first-order valence-corrected chi connectivity index (χ1v) is 5.55. The topological polar surface area (TPSA) is 129 Å². The predicted molar refractivity (Wildman–Crippen MR) is 63.0 cm³/mol. The van der Waals surface area contributed by atoms with E-state index in [1.165, 1.54) is 0 Å². The number of rotatable bonds is 3. The van der Waals surface area contributed by atoms with E-state index in [-0.39, 0.29) is 57.0 Å². The molecule has 6 heteroatoms. The SMILES string of the molecule is CC(C)C[O-].CC(C)C[O-].CC(C)C[O-].[OH-].[OH-].[Zr+4]. The van der Waals surface area contributed by atoms with Crippen LogP contribution in [-0.2, 0) is 26.2 Å². The third-order valence-electron chi connectivity index (χ3n) is 1.00. The number of hydrogen-bond acceptors (Lipinski definition) is 5. The Morgan fingerprint density at radius 1 is 0.556 bits per heavy atom. The van der Waals surface area contributed by atoms with E-state index in [4.69, 9.17) is 0 Å². The third kappa shape index (κ3) is 91.9. The summed E-state index contributed by atoms with van der Waals surface area (Å²) in [5.41, 5.74) is 0. The van der Waals surface area contributed by atoms with Crippen LogP contribution in [0.15, 0.2) is 0 Å². The fraction of sp³-hybridized carbons (Fsp3) is 1.00. The van der Waals surface area contributed by atoms with Gasteiger partial charge in [-0.05, 0) is 0 Å². The second-order valence-corrected chi connectivity index (χ2v) is 4.68. The molecule has 0 atom stereocenters. The monoisotopic (exact) mass is 343 g/mol. The van der Waals surface area contributed by atoms with Crippen LogP contribution in [-0.4, -0.2) is 30.8 Å². The minimum absolute atomic E-state index is 0. The van der Waals surface area contributed by atoms with Gasteiger partial charge in [-0.1, -0.05) is 59.3 Å². The first kappa shape index (κ1) is 36.3. The van der Waals surface area contributed by atoms with Crippen molar-refractivity contribution in [1.29, 1.82) is 0 Å². The predicted octanol–water partition coefficient (Wildman–Crippen LogP) is -0.348. The minimum Gasteiger partial charge on any atom is -0.870 e.